The highest BCUT2D eigenvalue weighted by Crippen LogP contribution is 2.26. The second kappa shape index (κ2) is 7.42. The fourth-order valence-corrected chi connectivity index (χ4v) is 2.73. The van der Waals surface area contributed by atoms with Gasteiger partial charge in [0.15, 0.2) is 0 Å². The molecule has 1 N–H and O–H groups in total. The molecule has 0 radical (unpaired) electrons. The number of aryl methyl sites for hydroxylation is 2. The van der Waals surface area contributed by atoms with E-state index in [2.05, 4.69) is 10.3 Å². The summed E-state index contributed by atoms with van der Waals surface area (Å²) in [6.07, 6.45) is -0.929. The summed E-state index contributed by atoms with van der Waals surface area (Å²) in [6.45, 7) is 2.59. The molecule has 3 aromatic rings. The second-order valence-electron chi connectivity index (χ2n) is 5.95. The number of hydrogen-bond donors (Lipinski definition) is 1. The molecule has 0 bridgehead atoms. The number of benzene rings is 1. The standard InChI is InChI=1S/C19H19F2N3O/c1-13-4-6-14(7-5-13)12-23-17(25)8-10-24-16(18(20)21)11-15-3-2-9-22-19(15)24/h2-7,9,11,18H,8,10,12H2,1H3,(H,23,25). The minimum atomic E-state index is -2.61. The van der Waals surface area contributed by atoms with Crippen molar-refractivity contribution in [2.75, 3.05) is 0 Å². The Morgan fingerprint density at radius 1 is 1.24 bits per heavy atom. The lowest BCUT2D eigenvalue weighted by molar-refractivity contribution is -0.121. The summed E-state index contributed by atoms with van der Waals surface area (Å²) in [5.74, 6) is -0.182. The van der Waals surface area contributed by atoms with Gasteiger partial charge >= 0.3 is 0 Å². The molecule has 0 unspecified atom stereocenters. The number of halogens is 2. The van der Waals surface area contributed by atoms with Gasteiger partial charge in [0.05, 0.1) is 5.69 Å². The van der Waals surface area contributed by atoms with Crippen LogP contribution in [-0.2, 0) is 17.9 Å². The van der Waals surface area contributed by atoms with Gasteiger partial charge in [0.1, 0.15) is 5.65 Å². The van der Waals surface area contributed by atoms with E-state index in [4.69, 9.17) is 0 Å². The van der Waals surface area contributed by atoms with Gasteiger partial charge in [-0.15, -0.1) is 0 Å². The quantitative estimate of drug-likeness (QED) is 0.736. The maximum atomic E-state index is 13.2. The average molecular weight is 343 g/mol. The van der Waals surface area contributed by atoms with E-state index in [0.717, 1.165) is 11.1 Å². The Morgan fingerprint density at radius 2 is 2.00 bits per heavy atom. The lowest BCUT2D eigenvalue weighted by Gasteiger charge is -2.10. The van der Waals surface area contributed by atoms with Crippen molar-refractivity contribution in [1.82, 2.24) is 14.9 Å². The largest absolute Gasteiger partial charge is 0.352 e. The van der Waals surface area contributed by atoms with Crippen molar-refractivity contribution in [3.05, 3.63) is 65.5 Å². The summed E-state index contributed by atoms with van der Waals surface area (Å²) < 4.78 is 27.9. The van der Waals surface area contributed by atoms with Crippen LogP contribution in [0.5, 0.6) is 0 Å². The topological polar surface area (TPSA) is 46.9 Å². The Balaban J connectivity index is 1.64. The van der Waals surface area contributed by atoms with Gasteiger partial charge in [-0.25, -0.2) is 13.8 Å². The fraction of sp³-hybridized carbons (Fsp3) is 0.263. The Labute approximate surface area is 144 Å². The first-order valence-corrected chi connectivity index (χ1v) is 8.09. The molecule has 2 heterocycles. The van der Waals surface area contributed by atoms with E-state index >= 15 is 0 Å². The van der Waals surface area contributed by atoms with Crippen LogP contribution in [0, 0.1) is 6.92 Å². The van der Waals surface area contributed by atoms with Gasteiger partial charge in [-0.05, 0) is 30.7 Å². The Morgan fingerprint density at radius 3 is 2.72 bits per heavy atom. The SMILES string of the molecule is Cc1ccc(CNC(=O)CCn2c(C(F)F)cc3cccnc32)cc1. The first-order chi connectivity index (χ1) is 12.0. The van der Waals surface area contributed by atoms with Gasteiger partial charge in [-0.1, -0.05) is 29.8 Å². The zero-order valence-electron chi connectivity index (χ0n) is 13.9. The second-order valence-corrected chi connectivity index (χ2v) is 5.95. The molecule has 0 aliphatic carbocycles. The van der Waals surface area contributed by atoms with Crippen molar-refractivity contribution < 1.29 is 13.6 Å². The maximum Gasteiger partial charge on any atom is 0.278 e. The van der Waals surface area contributed by atoms with Crippen LogP contribution < -0.4 is 5.32 Å². The Hall–Kier alpha value is -2.76. The van der Waals surface area contributed by atoms with Crippen LogP contribution >= 0.6 is 0 Å². The number of fused-ring (bicyclic) bond motifs is 1. The molecule has 0 saturated heterocycles. The van der Waals surface area contributed by atoms with Crippen LogP contribution in [0.4, 0.5) is 8.78 Å². The molecule has 130 valence electrons. The average Bonchev–Trinajstić information content (AvgIpc) is 2.98. The lowest BCUT2D eigenvalue weighted by Crippen LogP contribution is -2.24. The summed E-state index contributed by atoms with van der Waals surface area (Å²) in [4.78, 5) is 16.2. The summed E-state index contributed by atoms with van der Waals surface area (Å²) in [5, 5.41) is 3.47. The zero-order valence-corrected chi connectivity index (χ0v) is 13.9. The van der Waals surface area contributed by atoms with E-state index in [0.29, 0.717) is 17.6 Å². The molecule has 0 atom stereocenters. The molecule has 0 aliphatic rings. The van der Waals surface area contributed by atoms with Gasteiger partial charge in [-0.2, -0.15) is 0 Å². The van der Waals surface area contributed by atoms with Crippen molar-refractivity contribution in [3.63, 3.8) is 0 Å². The molecular weight excluding hydrogens is 324 g/mol. The van der Waals surface area contributed by atoms with Gasteiger partial charge < -0.3 is 9.88 Å². The van der Waals surface area contributed by atoms with Gasteiger partial charge in [0, 0.05) is 31.1 Å². The normalized spacial score (nSPS) is 11.2. The number of pyridine rings is 1. The minimum absolute atomic E-state index is 0.111. The van der Waals surface area contributed by atoms with E-state index in [1.165, 1.54) is 10.6 Å². The molecule has 4 nitrogen and oxygen atoms in total. The molecule has 3 rings (SSSR count). The fourth-order valence-electron chi connectivity index (χ4n) is 2.73. The molecular formula is C19H19F2N3O. The summed E-state index contributed by atoms with van der Waals surface area (Å²) in [7, 11) is 0. The van der Waals surface area contributed by atoms with Crippen molar-refractivity contribution in [3.8, 4) is 0 Å². The Kier molecular flexibility index (Phi) is 5.07. The van der Waals surface area contributed by atoms with E-state index in [-0.39, 0.29) is 24.6 Å². The highest BCUT2D eigenvalue weighted by Gasteiger charge is 2.18. The first kappa shape index (κ1) is 17.1. The Bertz CT molecular complexity index is 872. The number of amides is 1. The van der Waals surface area contributed by atoms with Crippen LogP contribution in [0.2, 0.25) is 0 Å². The van der Waals surface area contributed by atoms with Crippen LogP contribution in [0.1, 0.15) is 29.7 Å². The number of hydrogen-bond acceptors (Lipinski definition) is 2. The number of carbonyl (C=O) groups is 1. The number of aromatic nitrogens is 2. The van der Waals surface area contributed by atoms with Crippen molar-refractivity contribution in [2.45, 2.75) is 32.9 Å². The minimum Gasteiger partial charge on any atom is -0.352 e. The molecule has 2 aromatic heterocycles. The monoisotopic (exact) mass is 343 g/mol. The van der Waals surface area contributed by atoms with E-state index in [1.54, 1.807) is 18.3 Å². The molecule has 0 saturated carbocycles. The molecule has 1 amide bonds. The van der Waals surface area contributed by atoms with Crippen LogP contribution in [0.25, 0.3) is 11.0 Å². The molecule has 0 aliphatic heterocycles. The molecule has 0 fully saturated rings. The predicted molar refractivity (Wildman–Crippen MR) is 92.3 cm³/mol. The van der Waals surface area contributed by atoms with Gasteiger partial charge in [-0.3, -0.25) is 4.79 Å². The summed E-state index contributed by atoms with van der Waals surface area (Å²) >= 11 is 0. The van der Waals surface area contributed by atoms with Gasteiger partial charge in [0.2, 0.25) is 5.91 Å². The summed E-state index contributed by atoms with van der Waals surface area (Å²) in [5.41, 5.74) is 2.52. The number of alkyl halides is 2. The number of carbonyl (C=O) groups excluding carboxylic acids is 1. The highest BCUT2D eigenvalue weighted by atomic mass is 19.3. The summed E-state index contributed by atoms with van der Waals surface area (Å²) in [6, 6.07) is 12.7. The predicted octanol–water partition coefficient (Wildman–Crippen LogP) is 3.99. The maximum absolute atomic E-state index is 13.2. The third-order valence-electron chi connectivity index (χ3n) is 4.08. The molecule has 0 spiro atoms. The van der Waals surface area contributed by atoms with Crippen LogP contribution in [0.3, 0.4) is 0 Å². The van der Waals surface area contributed by atoms with E-state index in [9.17, 15) is 13.6 Å². The highest BCUT2D eigenvalue weighted by molar-refractivity contribution is 5.78. The van der Waals surface area contributed by atoms with Crippen LogP contribution in [0.15, 0.2) is 48.7 Å². The molecule has 25 heavy (non-hydrogen) atoms. The van der Waals surface area contributed by atoms with Crippen molar-refractivity contribution in [1.29, 1.82) is 0 Å². The third kappa shape index (κ3) is 4.02. The first-order valence-electron chi connectivity index (χ1n) is 8.09. The smallest absolute Gasteiger partial charge is 0.278 e. The number of rotatable bonds is 6. The lowest BCUT2D eigenvalue weighted by atomic mass is 10.1. The third-order valence-corrected chi connectivity index (χ3v) is 4.08. The van der Waals surface area contributed by atoms with E-state index in [1.807, 2.05) is 31.2 Å². The van der Waals surface area contributed by atoms with Crippen molar-refractivity contribution >= 4 is 16.9 Å². The van der Waals surface area contributed by atoms with Crippen molar-refractivity contribution in [2.24, 2.45) is 0 Å². The molecule has 1 aromatic carbocycles. The molecule has 6 heteroatoms. The van der Waals surface area contributed by atoms with Crippen LogP contribution in [-0.4, -0.2) is 15.5 Å². The van der Waals surface area contributed by atoms with Gasteiger partial charge in [0.25, 0.3) is 6.43 Å². The zero-order chi connectivity index (χ0) is 17.8. The number of nitrogens with zero attached hydrogens (tertiary/aromatic N) is 2. The van der Waals surface area contributed by atoms with E-state index < -0.39 is 6.43 Å². The number of nitrogens with one attached hydrogen (secondary N) is 1.